The number of aromatic nitrogens is 2. The number of ether oxygens (including phenoxy) is 1. The van der Waals surface area contributed by atoms with Crippen LogP contribution in [0.2, 0.25) is 0 Å². The van der Waals surface area contributed by atoms with Gasteiger partial charge in [-0.1, -0.05) is 0 Å². The smallest absolute Gasteiger partial charge is 0.328 e. The van der Waals surface area contributed by atoms with Crippen molar-refractivity contribution in [1.82, 2.24) is 9.55 Å². The van der Waals surface area contributed by atoms with Gasteiger partial charge in [-0.3, -0.25) is 19.1 Å². The van der Waals surface area contributed by atoms with Gasteiger partial charge in [0.2, 0.25) is 5.82 Å². The van der Waals surface area contributed by atoms with Crippen LogP contribution in [0.3, 0.4) is 0 Å². The lowest BCUT2D eigenvalue weighted by Gasteiger charge is -2.13. The first-order valence-electron chi connectivity index (χ1n) is 5.12. The van der Waals surface area contributed by atoms with Crippen LogP contribution >= 0.6 is 0 Å². The molecule has 6 nitrogen and oxygen atoms in total. The van der Waals surface area contributed by atoms with Crippen molar-refractivity contribution in [3.8, 4) is 0 Å². The van der Waals surface area contributed by atoms with Crippen molar-refractivity contribution in [3.63, 3.8) is 0 Å². The molecule has 7 heteroatoms. The number of nitrogens with one attached hydrogen (secondary N) is 1. The van der Waals surface area contributed by atoms with Gasteiger partial charge in [0, 0.05) is 6.04 Å². The van der Waals surface area contributed by atoms with E-state index in [9.17, 15) is 18.8 Å². The van der Waals surface area contributed by atoms with Crippen LogP contribution in [0.1, 0.15) is 26.3 Å². The second kappa shape index (κ2) is 5.42. The molecule has 0 saturated carbocycles. The molecule has 0 spiro atoms. The predicted octanol–water partition coefficient (Wildman–Crippen LogP) is 0.190. The standard InChI is InChI=1S/C10H13FN2O4/c1-3-17-8(14)4-6(2)13-5-7(11)9(15)12-10(13)16/h5-6H,3-4H2,1-2H3,(H,12,15,16). The van der Waals surface area contributed by atoms with Crippen molar-refractivity contribution in [2.24, 2.45) is 0 Å². The lowest BCUT2D eigenvalue weighted by Crippen LogP contribution is -2.33. The number of rotatable bonds is 4. The van der Waals surface area contributed by atoms with Gasteiger partial charge in [0.15, 0.2) is 0 Å². The van der Waals surface area contributed by atoms with Crippen molar-refractivity contribution in [2.45, 2.75) is 26.3 Å². The van der Waals surface area contributed by atoms with E-state index in [4.69, 9.17) is 4.74 Å². The summed E-state index contributed by atoms with van der Waals surface area (Å²) < 4.78 is 18.6. The highest BCUT2D eigenvalue weighted by molar-refractivity contribution is 5.69. The first-order chi connectivity index (χ1) is 7.95. The molecule has 0 fully saturated rings. The summed E-state index contributed by atoms with van der Waals surface area (Å²) in [6, 6.07) is -0.590. The third-order valence-corrected chi connectivity index (χ3v) is 2.17. The normalized spacial score (nSPS) is 12.2. The zero-order chi connectivity index (χ0) is 13.0. The van der Waals surface area contributed by atoms with E-state index in [0.29, 0.717) is 0 Å². The van der Waals surface area contributed by atoms with Crippen LogP contribution in [0.4, 0.5) is 4.39 Å². The molecular weight excluding hydrogens is 231 g/mol. The predicted molar refractivity (Wildman–Crippen MR) is 57.2 cm³/mol. The summed E-state index contributed by atoms with van der Waals surface area (Å²) in [7, 11) is 0. The van der Waals surface area contributed by atoms with Crippen molar-refractivity contribution in [2.75, 3.05) is 6.61 Å². The molecule has 94 valence electrons. The molecule has 1 heterocycles. The highest BCUT2D eigenvalue weighted by Gasteiger charge is 2.14. The Balaban J connectivity index is 2.93. The highest BCUT2D eigenvalue weighted by atomic mass is 19.1. The van der Waals surface area contributed by atoms with E-state index in [0.717, 1.165) is 10.8 Å². The molecule has 1 rings (SSSR count). The van der Waals surface area contributed by atoms with Crippen LogP contribution in [0.15, 0.2) is 15.8 Å². The molecule has 0 aliphatic heterocycles. The van der Waals surface area contributed by atoms with Gasteiger partial charge in [-0.2, -0.15) is 4.39 Å². The molecule has 0 aliphatic carbocycles. The molecule has 1 atom stereocenters. The fourth-order valence-corrected chi connectivity index (χ4v) is 1.35. The Morgan fingerprint density at radius 3 is 2.82 bits per heavy atom. The summed E-state index contributed by atoms with van der Waals surface area (Å²) in [5.41, 5.74) is -1.83. The monoisotopic (exact) mass is 244 g/mol. The van der Waals surface area contributed by atoms with Crippen molar-refractivity contribution < 1.29 is 13.9 Å². The number of carbonyl (C=O) groups excluding carboxylic acids is 1. The molecule has 0 aliphatic rings. The van der Waals surface area contributed by atoms with Gasteiger partial charge in [-0.25, -0.2) is 4.79 Å². The lowest BCUT2D eigenvalue weighted by atomic mass is 10.2. The van der Waals surface area contributed by atoms with E-state index in [1.165, 1.54) is 0 Å². The van der Waals surface area contributed by atoms with Gasteiger partial charge in [0.1, 0.15) is 0 Å². The number of esters is 1. The summed E-state index contributed by atoms with van der Waals surface area (Å²) in [6.07, 6.45) is 0.713. The fraction of sp³-hybridized carbons (Fsp3) is 0.500. The van der Waals surface area contributed by atoms with E-state index >= 15 is 0 Å². The zero-order valence-corrected chi connectivity index (χ0v) is 9.53. The first kappa shape index (κ1) is 13.1. The van der Waals surface area contributed by atoms with Gasteiger partial charge in [0.25, 0.3) is 5.56 Å². The molecule has 1 unspecified atom stereocenters. The SMILES string of the molecule is CCOC(=O)CC(C)n1cc(F)c(=O)[nH]c1=O. The van der Waals surface area contributed by atoms with Gasteiger partial charge in [-0.05, 0) is 13.8 Å². The van der Waals surface area contributed by atoms with Crippen molar-refractivity contribution in [1.29, 1.82) is 0 Å². The molecule has 1 N–H and O–H groups in total. The second-order valence-corrected chi connectivity index (χ2v) is 3.50. The van der Waals surface area contributed by atoms with Crippen LogP contribution in [0, 0.1) is 5.82 Å². The Bertz CT molecular complexity index is 520. The largest absolute Gasteiger partial charge is 0.466 e. The average Bonchev–Trinajstić information content (AvgIpc) is 2.23. The minimum Gasteiger partial charge on any atom is -0.466 e. The summed E-state index contributed by atoms with van der Waals surface area (Å²) in [5.74, 6) is -1.56. The molecular formula is C10H13FN2O4. The molecule has 0 radical (unpaired) electrons. The Morgan fingerprint density at radius 1 is 1.59 bits per heavy atom. The maximum absolute atomic E-state index is 13.0. The second-order valence-electron chi connectivity index (χ2n) is 3.50. The topological polar surface area (TPSA) is 81.2 Å². The molecule has 0 amide bonds. The maximum atomic E-state index is 13.0. The summed E-state index contributed by atoms with van der Waals surface area (Å²) >= 11 is 0. The number of nitrogens with zero attached hydrogens (tertiary/aromatic N) is 1. The third kappa shape index (κ3) is 3.27. The Kier molecular flexibility index (Phi) is 4.19. The molecule has 1 aromatic heterocycles. The average molecular weight is 244 g/mol. The molecule has 0 saturated heterocycles. The molecule has 0 aromatic carbocycles. The van der Waals surface area contributed by atoms with Gasteiger partial charge in [0.05, 0.1) is 19.2 Å². The van der Waals surface area contributed by atoms with Gasteiger partial charge < -0.3 is 4.74 Å². The van der Waals surface area contributed by atoms with Crippen molar-refractivity contribution in [3.05, 3.63) is 32.9 Å². The quantitative estimate of drug-likeness (QED) is 0.766. The number of aromatic amines is 1. The molecule has 17 heavy (non-hydrogen) atoms. The Hall–Kier alpha value is -1.92. The summed E-state index contributed by atoms with van der Waals surface area (Å²) in [4.78, 5) is 35.2. The maximum Gasteiger partial charge on any atom is 0.328 e. The third-order valence-electron chi connectivity index (χ3n) is 2.17. The number of carbonyl (C=O) groups is 1. The fourth-order valence-electron chi connectivity index (χ4n) is 1.35. The minimum atomic E-state index is -1.07. The van der Waals surface area contributed by atoms with Crippen LogP contribution < -0.4 is 11.2 Å². The van der Waals surface area contributed by atoms with E-state index in [1.807, 2.05) is 4.98 Å². The Labute approximate surface area is 96.0 Å². The molecule has 0 bridgehead atoms. The lowest BCUT2D eigenvalue weighted by molar-refractivity contribution is -0.143. The van der Waals surface area contributed by atoms with Crippen LogP contribution in [-0.2, 0) is 9.53 Å². The Morgan fingerprint density at radius 2 is 2.24 bits per heavy atom. The van der Waals surface area contributed by atoms with Gasteiger partial charge >= 0.3 is 11.7 Å². The number of hydrogen-bond donors (Lipinski definition) is 1. The van der Waals surface area contributed by atoms with E-state index in [-0.39, 0.29) is 13.0 Å². The van der Waals surface area contributed by atoms with Crippen molar-refractivity contribution >= 4 is 5.97 Å². The van der Waals surface area contributed by atoms with Gasteiger partial charge in [-0.15, -0.1) is 0 Å². The van der Waals surface area contributed by atoms with Crippen LogP contribution in [0.25, 0.3) is 0 Å². The number of halogens is 1. The van der Waals surface area contributed by atoms with E-state index in [2.05, 4.69) is 0 Å². The first-order valence-corrected chi connectivity index (χ1v) is 5.12. The van der Waals surface area contributed by atoms with Crippen LogP contribution in [-0.4, -0.2) is 22.1 Å². The number of hydrogen-bond acceptors (Lipinski definition) is 4. The van der Waals surface area contributed by atoms with E-state index in [1.54, 1.807) is 13.8 Å². The summed E-state index contributed by atoms with van der Waals surface area (Å²) in [5, 5.41) is 0. The minimum absolute atomic E-state index is 0.0702. The summed E-state index contributed by atoms with van der Waals surface area (Å²) in [6.45, 7) is 3.45. The highest BCUT2D eigenvalue weighted by Crippen LogP contribution is 2.08. The molecule has 1 aromatic rings. The number of H-pyrrole nitrogens is 1. The van der Waals surface area contributed by atoms with Crippen LogP contribution in [0.5, 0.6) is 0 Å². The zero-order valence-electron chi connectivity index (χ0n) is 9.53. The van der Waals surface area contributed by atoms with E-state index < -0.39 is 29.1 Å².